The maximum absolute atomic E-state index is 12.0. The number of allylic oxidation sites excluding steroid dienone is 1. The van der Waals surface area contributed by atoms with Crippen molar-refractivity contribution in [1.29, 1.82) is 0 Å². The van der Waals surface area contributed by atoms with E-state index in [1.807, 2.05) is 24.3 Å². The first kappa shape index (κ1) is 14.1. The van der Waals surface area contributed by atoms with Crippen molar-refractivity contribution in [3.05, 3.63) is 36.5 Å². The van der Waals surface area contributed by atoms with Gasteiger partial charge in [-0.05, 0) is 37.3 Å². The predicted molar refractivity (Wildman–Crippen MR) is 74.7 cm³/mol. The van der Waals surface area contributed by atoms with E-state index in [1.54, 1.807) is 25.1 Å². The van der Waals surface area contributed by atoms with Crippen LogP contribution in [0.3, 0.4) is 0 Å². The van der Waals surface area contributed by atoms with E-state index in [4.69, 9.17) is 9.47 Å². The molecule has 1 aliphatic rings. The normalized spacial score (nSPS) is 18.0. The van der Waals surface area contributed by atoms with Gasteiger partial charge in [0.1, 0.15) is 11.8 Å². The Morgan fingerprint density at radius 2 is 2.05 bits per heavy atom. The average molecular weight is 275 g/mol. The first-order valence-corrected chi connectivity index (χ1v) is 6.45. The summed E-state index contributed by atoms with van der Waals surface area (Å²) in [7, 11) is 1.59. The minimum absolute atomic E-state index is 0.0761. The summed E-state index contributed by atoms with van der Waals surface area (Å²) in [6.45, 7) is 2.04. The van der Waals surface area contributed by atoms with E-state index >= 15 is 0 Å². The van der Waals surface area contributed by atoms with Gasteiger partial charge in [0.05, 0.1) is 13.7 Å². The molecule has 0 aromatic heterocycles. The Hall–Kier alpha value is -2.30. The van der Waals surface area contributed by atoms with Crippen LogP contribution in [-0.2, 0) is 14.3 Å². The van der Waals surface area contributed by atoms with Gasteiger partial charge in [-0.3, -0.25) is 4.79 Å². The number of methoxy groups -OCH3 is 1. The van der Waals surface area contributed by atoms with Crippen LogP contribution in [0.2, 0.25) is 0 Å². The molecule has 0 fully saturated rings. The molecule has 2 rings (SSSR count). The van der Waals surface area contributed by atoms with E-state index in [0.29, 0.717) is 6.61 Å². The molecule has 1 aromatic carbocycles. The van der Waals surface area contributed by atoms with Gasteiger partial charge >= 0.3 is 5.97 Å². The Morgan fingerprint density at radius 3 is 2.65 bits per heavy atom. The summed E-state index contributed by atoms with van der Waals surface area (Å²) in [5, 5.41) is 0. The zero-order chi connectivity index (χ0) is 14.5. The number of nitrogens with zero attached hydrogens (tertiary/aromatic N) is 1. The highest BCUT2D eigenvalue weighted by Crippen LogP contribution is 2.25. The molecule has 0 amide bonds. The van der Waals surface area contributed by atoms with Crippen molar-refractivity contribution in [1.82, 2.24) is 0 Å². The van der Waals surface area contributed by atoms with Gasteiger partial charge in [-0.1, -0.05) is 0 Å². The highest BCUT2D eigenvalue weighted by molar-refractivity contribution is 5.97. The Morgan fingerprint density at radius 1 is 1.35 bits per heavy atom. The molecule has 0 spiro atoms. The number of ether oxygens (including phenoxy) is 2. The number of carbonyl (C=O) groups excluding carboxylic acids is 2. The molecule has 0 saturated carbocycles. The van der Waals surface area contributed by atoms with Crippen molar-refractivity contribution in [3.8, 4) is 5.75 Å². The molecule has 20 heavy (non-hydrogen) atoms. The lowest BCUT2D eigenvalue weighted by molar-refractivity contribution is -0.145. The van der Waals surface area contributed by atoms with Crippen LogP contribution in [0.5, 0.6) is 5.75 Å². The summed E-state index contributed by atoms with van der Waals surface area (Å²) in [6.07, 6.45) is 3.22. The van der Waals surface area contributed by atoms with Gasteiger partial charge in [-0.15, -0.1) is 0 Å². The molecular weight excluding hydrogens is 258 g/mol. The lowest BCUT2D eigenvalue weighted by atomic mass is 10.0. The lowest BCUT2D eigenvalue weighted by Crippen LogP contribution is -2.42. The first-order valence-electron chi connectivity index (χ1n) is 6.45. The molecule has 106 valence electrons. The number of ketones is 1. The van der Waals surface area contributed by atoms with Crippen molar-refractivity contribution in [2.24, 2.45) is 0 Å². The van der Waals surface area contributed by atoms with Gasteiger partial charge in [0.2, 0.25) is 0 Å². The largest absolute Gasteiger partial charge is 0.497 e. The summed E-state index contributed by atoms with van der Waals surface area (Å²) in [4.78, 5) is 25.2. The lowest BCUT2D eigenvalue weighted by Gasteiger charge is -2.31. The van der Waals surface area contributed by atoms with Crippen LogP contribution in [0, 0.1) is 0 Å². The fourth-order valence-corrected chi connectivity index (χ4v) is 2.08. The predicted octanol–water partition coefficient (Wildman–Crippen LogP) is 1.92. The van der Waals surface area contributed by atoms with Crippen LogP contribution < -0.4 is 9.64 Å². The van der Waals surface area contributed by atoms with Gasteiger partial charge in [-0.2, -0.15) is 0 Å². The molecule has 1 aromatic rings. The van der Waals surface area contributed by atoms with Crippen molar-refractivity contribution in [3.63, 3.8) is 0 Å². The fourth-order valence-electron chi connectivity index (χ4n) is 2.08. The highest BCUT2D eigenvalue weighted by atomic mass is 16.5. The van der Waals surface area contributed by atoms with Gasteiger partial charge in [0, 0.05) is 18.3 Å². The molecule has 0 unspecified atom stereocenters. The summed E-state index contributed by atoms with van der Waals surface area (Å²) in [5.74, 6) is 0.271. The summed E-state index contributed by atoms with van der Waals surface area (Å²) in [5.41, 5.74) is 0.813. The molecule has 0 radical (unpaired) electrons. The third-order valence-electron chi connectivity index (χ3n) is 3.08. The van der Waals surface area contributed by atoms with E-state index in [0.717, 1.165) is 11.4 Å². The Bertz CT molecular complexity index is 521. The van der Waals surface area contributed by atoms with Crippen molar-refractivity contribution < 1.29 is 19.1 Å². The fraction of sp³-hybridized carbons (Fsp3) is 0.333. The van der Waals surface area contributed by atoms with Crippen LogP contribution in [0.15, 0.2) is 36.5 Å². The average Bonchev–Trinajstić information content (AvgIpc) is 2.47. The van der Waals surface area contributed by atoms with E-state index in [9.17, 15) is 9.59 Å². The smallest absolute Gasteiger partial charge is 0.329 e. The number of rotatable bonds is 4. The molecular formula is C15H17NO4. The van der Waals surface area contributed by atoms with Crippen LogP contribution >= 0.6 is 0 Å². The maximum atomic E-state index is 12.0. The minimum Gasteiger partial charge on any atom is -0.497 e. The Labute approximate surface area is 117 Å². The second kappa shape index (κ2) is 6.23. The summed E-state index contributed by atoms with van der Waals surface area (Å²) >= 11 is 0. The number of carbonyl (C=O) groups is 2. The topological polar surface area (TPSA) is 55.8 Å². The van der Waals surface area contributed by atoms with E-state index in [1.165, 1.54) is 6.08 Å². The van der Waals surface area contributed by atoms with Gasteiger partial charge < -0.3 is 14.4 Å². The van der Waals surface area contributed by atoms with Crippen molar-refractivity contribution in [2.75, 3.05) is 18.6 Å². The van der Waals surface area contributed by atoms with Crippen LogP contribution in [0.4, 0.5) is 5.69 Å². The zero-order valence-electron chi connectivity index (χ0n) is 11.5. The van der Waals surface area contributed by atoms with E-state index in [2.05, 4.69) is 0 Å². The molecule has 1 aliphatic heterocycles. The van der Waals surface area contributed by atoms with Crippen LogP contribution in [0.25, 0.3) is 0 Å². The molecule has 0 saturated heterocycles. The third-order valence-corrected chi connectivity index (χ3v) is 3.08. The molecule has 1 heterocycles. The molecule has 5 nitrogen and oxygen atoms in total. The third kappa shape index (κ3) is 2.99. The summed E-state index contributed by atoms with van der Waals surface area (Å²) < 4.78 is 10.1. The number of hydrogen-bond acceptors (Lipinski definition) is 5. The van der Waals surface area contributed by atoms with E-state index in [-0.39, 0.29) is 18.2 Å². The second-order valence-corrected chi connectivity index (χ2v) is 4.36. The molecule has 0 aliphatic carbocycles. The zero-order valence-corrected chi connectivity index (χ0v) is 11.5. The summed E-state index contributed by atoms with van der Waals surface area (Å²) in [6, 6.07) is 6.68. The monoisotopic (exact) mass is 275 g/mol. The molecule has 0 bridgehead atoms. The number of esters is 1. The van der Waals surface area contributed by atoms with Gasteiger partial charge in [0.25, 0.3) is 0 Å². The maximum Gasteiger partial charge on any atom is 0.329 e. The minimum atomic E-state index is -0.610. The highest BCUT2D eigenvalue weighted by Gasteiger charge is 2.31. The number of benzene rings is 1. The van der Waals surface area contributed by atoms with Gasteiger partial charge in [-0.25, -0.2) is 4.79 Å². The van der Waals surface area contributed by atoms with Crippen molar-refractivity contribution in [2.45, 2.75) is 19.4 Å². The molecule has 0 N–H and O–H groups in total. The Kier molecular flexibility index (Phi) is 4.40. The SMILES string of the molecule is CCOC(=O)[C@H]1CC(=O)C=CN1c1ccc(OC)cc1. The van der Waals surface area contributed by atoms with Crippen LogP contribution in [-0.4, -0.2) is 31.5 Å². The van der Waals surface area contributed by atoms with Crippen LogP contribution in [0.1, 0.15) is 13.3 Å². The quantitative estimate of drug-likeness (QED) is 0.786. The van der Waals surface area contributed by atoms with Crippen molar-refractivity contribution >= 4 is 17.4 Å². The first-order chi connectivity index (χ1) is 9.65. The molecule has 5 heteroatoms. The van der Waals surface area contributed by atoms with E-state index < -0.39 is 6.04 Å². The number of anilines is 1. The standard InChI is InChI=1S/C15H17NO4/c1-3-20-15(18)14-10-12(17)8-9-16(14)11-4-6-13(19-2)7-5-11/h4-9,14H,3,10H2,1-2H3/t14-/m1/s1. The second-order valence-electron chi connectivity index (χ2n) is 4.36. The number of hydrogen-bond donors (Lipinski definition) is 0. The molecule has 1 atom stereocenters. The van der Waals surface area contributed by atoms with Gasteiger partial charge in [0.15, 0.2) is 5.78 Å². The Balaban J connectivity index is 2.27.